The van der Waals surface area contributed by atoms with Crippen LogP contribution in [0.25, 0.3) is 0 Å². The normalized spacial score (nSPS) is 12.3. The van der Waals surface area contributed by atoms with Crippen LogP contribution in [-0.4, -0.2) is 37.2 Å². The molecule has 0 rings (SSSR count). The van der Waals surface area contributed by atoms with Gasteiger partial charge in [0.25, 0.3) is 0 Å². The van der Waals surface area contributed by atoms with Crippen LogP contribution in [0.2, 0.25) is 0 Å². The van der Waals surface area contributed by atoms with Gasteiger partial charge in [0, 0.05) is 19.3 Å². The molecule has 0 bridgehead atoms. The second-order valence-corrected chi connectivity index (χ2v) is 24.1. The zero-order chi connectivity index (χ0) is 57.8. The van der Waals surface area contributed by atoms with Crippen molar-refractivity contribution in [3.05, 3.63) is 48.6 Å². The maximum Gasteiger partial charge on any atom is 0.306 e. The van der Waals surface area contributed by atoms with E-state index in [1.54, 1.807) is 0 Å². The highest BCUT2D eigenvalue weighted by atomic mass is 16.6. The Morgan fingerprint density at radius 1 is 0.250 bits per heavy atom. The van der Waals surface area contributed by atoms with Crippen molar-refractivity contribution in [2.24, 2.45) is 0 Å². The van der Waals surface area contributed by atoms with E-state index in [4.69, 9.17) is 14.2 Å². The first-order valence-corrected chi connectivity index (χ1v) is 35.6. The van der Waals surface area contributed by atoms with Crippen LogP contribution in [0, 0.1) is 0 Å². The summed E-state index contributed by atoms with van der Waals surface area (Å²) in [6.45, 7) is 6.64. The molecule has 0 spiro atoms. The van der Waals surface area contributed by atoms with Crippen LogP contribution in [0.4, 0.5) is 0 Å². The van der Waals surface area contributed by atoms with Crippen molar-refractivity contribution in [2.75, 3.05) is 13.2 Å². The van der Waals surface area contributed by atoms with Gasteiger partial charge in [-0.1, -0.05) is 333 Å². The average molecular weight is 1120 g/mol. The summed E-state index contributed by atoms with van der Waals surface area (Å²) in [7, 11) is 0. The smallest absolute Gasteiger partial charge is 0.306 e. The Balaban J connectivity index is 4.01. The highest BCUT2D eigenvalue weighted by Crippen LogP contribution is 2.18. The fraction of sp³-hybridized carbons (Fsp3) is 0.851. The summed E-state index contributed by atoms with van der Waals surface area (Å²) in [6.07, 6.45) is 87.4. The van der Waals surface area contributed by atoms with Crippen LogP contribution < -0.4 is 0 Å². The second kappa shape index (κ2) is 68.9. The van der Waals surface area contributed by atoms with Gasteiger partial charge < -0.3 is 14.2 Å². The van der Waals surface area contributed by atoms with Crippen molar-refractivity contribution < 1.29 is 28.6 Å². The SMILES string of the molecule is CCCCCC/C=C\C/C=C\CCCCCCCCCC(=O)OC(COC(=O)CCCCCCCCCCC)COC(=O)CCCCCCCCCCCCCCCCCCCCCCCCC/C=C\C/C=C\CCCCCCC. The van der Waals surface area contributed by atoms with Gasteiger partial charge in [0.15, 0.2) is 6.10 Å². The summed E-state index contributed by atoms with van der Waals surface area (Å²) in [6, 6.07) is 0. The molecule has 0 aliphatic rings. The summed E-state index contributed by atoms with van der Waals surface area (Å²) < 4.78 is 16.9. The van der Waals surface area contributed by atoms with E-state index in [1.807, 2.05) is 0 Å². The summed E-state index contributed by atoms with van der Waals surface area (Å²) in [5.74, 6) is -0.858. The van der Waals surface area contributed by atoms with Crippen molar-refractivity contribution in [1.29, 1.82) is 0 Å². The van der Waals surface area contributed by atoms with Gasteiger partial charge in [-0.3, -0.25) is 14.4 Å². The van der Waals surface area contributed by atoms with E-state index in [0.717, 1.165) is 77.0 Å². The molecule has 0 heterocycles. The molecule has 0 saturated heterocycles. The minimum absolute atomic E-state index is 0.0710. The summed E-state index contributed by atoms with van der Waals surface area (Å²) in [5, 5.41) is 0. The van der Waals surface area contributed by atoms with E-state index in [0.29, 0.717) is 19.3 Å². The Labute approximate surface area is 498 Å². The third-order valence-electron chi connectivity index (χ3n) is 16.1. The van der Waals surface area contributed by atoms with Gasteiger partial charge >= 0.3 is 17.9 Å². The third kappa shape index (κ3) is 66.2. The maximum absolute atomic E-state index is 12.9. The summed E-state index contributed by atoms with van der Waals surface area (Å²) in [5.41, 5.74) is 0. The van der Waals surface area contributed by atoms with Gasteiger partial charge in [-0.05, 0) is 83.5 Å². The Hall–Kier alpha value is -2.63. The van der Waals surface area contributed by atoms with Crippen molar-refractivity contribution >= 4 is 17.9 Å². The lowest BCUT2D eigenvalue weighted by Crippen LogP contribution is -2.30. The monoisotopic (exact) mass is 1120 g/mol. The minimum atomic E-state index is -0.773. The van der Waals surface area contributed by atoms with Crippen LogP contribution in [0.5, 0.6) is 0 Å². The lowest BCUT2D eigenvalue weighted by molar-refractivity contribution is -0.167. The van der Waals surface area contributed by atoms with Crippen LogP contribution >= 0.6 is 0 Å². The first-order valence-electron chi connectivity index (χ1n) is 35.6. The molecule has 0 aliphatic heterocycles. The number of hydrogen-bond acceptors (Lipinski definition) is 6. The summed E-state index contributed by atoms with van der Waals surface area (Å²) in [4.78, 5) is 38.2. The van der Waals surface area contributed by atoms with E-state index in [2.05, 4.69) is 69.4 Å². The predicted octanol–water partition coefficient (Wildman–Crippen LogP) is 24.5. The molecule has 468 valence electrons. The molecule has 0 aromatic heterocycles. The highest BCUT2D eigenvalue weighted by molar-refractivity contribution is 5.71. The molecule has 0 aliphatic carbocycles. The van der Waals surface area contributed by atoms with E-state index in [9.17, 15) is 14.4 Å². The molecule has 1 atom stereocenters. The topological polar surface area (TPSA) is 78.9 Å². The van der Waals surface area contributed by atoms with E-state index in [-0.39, 0.29) is 31.1 Å². The first-order chi connectivity index (χ1) is 39.5. The van der Waals surface area contributed by atoms with Gasteiger partial charge in [0.2, 0.25) is 0 Å². The molecular formula is C74H136O6. The zero-order valence-electron chi connectivity index (χ0n) is 53.9. The van der Waals surface area contributed by atoms with E-state index < -0.39 is 6.10 Å². The molecule has 1 unspecified atom stereocenters. The molecule has 80 heavy (non-hydrogen) atoms. The first kappa shape index (κ1) is 77.4. The minimum Gasteiger partial charge on any atom is -0.462 e. The van der Waals surface area contributed by atoms with Gasteiger partial charge in [-0.2, -0.15) is 0 Å². The Morgan fingerprint density at radius 2 is 0.450 bits per heavy atom. The highest BCUT2D eigenvalue weighted by Gasteiger charge is 2.19. The molecule has 0 amide bonds. The largest absolute Gasteiger partial charge is 0.462 e. The standard InChI is InChI=1S/C74H136O6/c1-4-7-10-13-16-19-21-23-25-27-29-30-31-32-33-34-35-36-37-38-39-40-41-42-43-44-45-47-48-50-52-55-58-61-64-67-73(76)79-70-71(69-78-72(75)66-63-60-57-54-18-15-12-9-6-3)80-74(77)68-65-62-59-56-53-51-49-46-28-26-24-22-20-17-14-11-8-5-2/h20-23,26-29,71H,4-19,24-25,30-70H2,1-3H3/b22-20-,23-21-,28-26-,29-27-. The van der Waals surface area contributed by atoms with Gasteiger partial charge in [-0.15, -0.1) is 0 Å². The van der Waals surface area contributed by atoms with Crippen molar-refractivity contribution in [1.82, 2.24) is 0 Å². The molecule has 6 heteroatoms. The van der Waals surface area contributed by atoms with Crippen LogP contribution in [0.1, 0.15) is 387 Å². The molecule has 0 radical (unpaired) electrons. The predicted molar refractivity (Wildman–Crippen MR) is 349 cm³/mol. The lowest BCUT2D eigenvalue weighted by Gasteiger charge is -2.18. The second-order valence-electron chi connectivity index (χ2n) is 24.1. The number of allylic oxidation sites excluding steroid dienone is 8. The maximum atomic E-state index is 12.9. The fourth-order valence-corrected chi connectivity index (χ4v) is 10.7. The molecule has 0 N–H and O–H groups in total. The number of hydrogen-bond donors (Lipinski definition) is 0. The zero-order valence-corrected chi connectivity index (χ0v) is 53.9. The van der Waals surface area contributed by atoms with Crippen molar-refractivity contribution in [3.63, 3.8) is 0 Å². The average Bonchev–Trinajstić information content (AvgIpc) is 3.46. The fourth-order valence-electron chi connectivity index (χ4n) is 10.7. The number of carbonyl (C=O) groups excluding carboxylic acids is 3. The summed E-state index contributed by atoms with van der Waals surface area (Å²) >= 11 is 0. The van der Waals surface area contributed by atoms with Gasteiger partial charge in [0.05, 0.1) is 0 Å². The Bertz CT molecular complexity index is 1380. The van der Waals surface area contributed by atoms with Crippen LogP contribution in [0.15, 0.2) is 48.6 Å². The van der Waals surface area contributed by atoms with Crippen LogP contribution in [0.3, 0.4) is 0 Å². The number of unbranched alkanes of at least 4 members (excludes halogenated alkanes) is 47. The number of carbonyl (C=O) groups is 3. The lowest BCUT2D eigenvalue weighted by atomic mass is 10.0. The quantitative estimate of drug-likeness (QED) is 0.0261. The van der Waals surface area contributed by atoms with Crippen molar-refractivity contribution in [2.45, 2.75) is 393 Å². The van der Waals surface area contributed by atoms with Crippen molar-refractivity contribution in [3.8, 4) is 0 Å². The van der Waals surface area contributed by atoms with Gasteiger partial charge in [0.1, 0.15) is 13.2 Å². The van der Waals surface area contributed by atoms with E-state index in [1.165, 1.54) is 270 Å². The molecule has 0 aromatic rings. The Morgan fingerprint density at radius 3 is 0.700 bits per heavy atom. The molecule has 0 aromatic carbocycles. The molecule has 0 fully saturated rings. The molecule has 0 saturated carbocycles. The Kier molecular flexibility index (Phi) is 66.6. The number of ether oxygens (including phenoxy) is 3. The molecular weight excluding hydrogens is 985 g/mol. The van der Waals surface area contributed by atoms with Crippen LogP contribution in [-0.2, 0) is 28.6 Å². The number of esters is 3. The van der Waals surface area contributed by atoms with Gasteiger partial charge in [-0.25, -0.2) is 0 Å². The van der Waals surface area contributed by atoms with E-state index >= 15 is 0 Å². The molecule has 6 nitrogen and oxygen atoms in total. The third-order valence-corrected chi connectivity index (χ3v) is 16.1. The number of rotatable bonds is 66.